The second-order valence-corrected chi connectivity index (χ2v) is 17.2. The molecule has 54 heavy (non-hydrogen) atoms. The number of carbonyl (C=O) groups excluding carboxylic acids is 4. The Balaban J connectivity index is 1.68. The second kappa shape index (κ2) is 18.0. The van der Waals surface area contributed by atoms with Crippen molar-refractivity contribution in [1.29, 1.82) is 0 Å². The van der Waals surface area contributed by atoms with Crippen molar-refractivity contribution in [1.82, 2.24) is 15.6 Å². The molecule has 0 aromatic carbocycles. The quantitative estimate of drug-likeness (QED) is 0.113. The van der Waals surface area contributed by atoms with Gasteiger partial charge in [-0.3, -0.25) is 14.4 Å². The summed E-state index contributed by atoms with van der Waals surface area (Å²) in [5, 5.41) is 48.5. The van der Waals surface area contributed by atoms with Gasteiger partial charge < -0.3 is 45.1 Å². The van der Waals surface area contributed by atoms with E-state index in [1.807, 2.05) is 6.92 Å². The Morgan fingerprint density at radius 1 is 0.981 bits per heavy atom. The van der Waals surface area contributed by atoms with E-state index in [-0.39, 0.29) is 66.2 Å². The van der Waals surface area contributed by atoms with E-state index >= 15 is 0 Å². The highest BCUT2D eigenvalue weighted by Gasteiger charge is 2.71. The van der Waals surface area contributed by atoms with Crippen molar-refractivity contribution in [2.24, 2.45) is 5.16 Å². The van der Waals surface area contributed by atoms with Crippen molar-refractivity contribution in [3.63, 3.8) is 0 Å². The third-order valence-electron chi connectivity index (χ3n) is 8.86. The van der Waals surface area contributed by atoms with Gasteiger partial charge in [0.05, 0.1) is 17.8 Å². The maximum Gasteiger partial charge on any atom is 0.339 e. The Kier molecular flexibility index (Phi) is 14.2. The number of aromatic nitrogens is 1. The number of hydrogen-bond donors (Lipinski definition) is 6. The number of rotatable bonds is 14. The summed E-state index contributed by atoms with van der Waals surface area (Å²) in [4.78, 5) is 95.8. The van der Waals surface area contributed by atoms with Gasteiger partial charge >= 0.3 is 23.9 Å². The summed E-state index contributed by atoms with van der Waals surface area (Å²) in [6.07, 6.45) is 5.01. The number of amides is 2. The van der Waals surface area contributed by atoms with E-state index < -0.39 is 80.6 Å². The topological polar surface area (TPSA) is 285 Å². The third kappa shape index (κ3) is 10.5. The minimum atomic E-state index is -1.83. The van der Waals surface area contributed by atoms with Crippen molar-refractivity contribution >= 4 is 88.5 Å². The van der Waals surface area contributed by atoms with Gasteiger partial charge in [0.1, 0.15) is 30.1 Å². The number of ketones is 1. The SMILES string of the molecule is CC(=O)N[C@H](CSC[C@@H](O)C1=NOC(=O)C[C@@]2([C@@]3(C(=O)O)CO3)CC[C@@](C)(SC[C@@H](NC(C)=O)C(=O)O)[C@H](CC(=O)C=CC=Cc3coc1n3)S2)C(=O)O. The molecule has 0 spiro atoms. The first-order valence-corrected chi connectivity index (χ1v) is 19.5. The molecule has 18 nitrogen and oxygen atoms in total. The molecule has 0 unspecified atom stereocenters. The Labute approximate surface area is 321 Å². The number of epoxide rings is 1. The summed E-state index contributed by atoms with van der Waals surface area (Å²) in [6, 6.07) is -2.49. The number of ether oxygens (including phenoxy) is 1. The number of thioether (sulfide) groups is 3. The lowest BCUT2D eigenvalue weighted by Crippen LogP contribution is -2.57. The zero-order chi connectivity index (χ0) is 39.8. The van der Waals surface area contributed by atoms with Crippen LogP contribution in [0.3, 0.4) is 0 Å². The van der Waals surface area contributed by atoms with Crippen molar-refractivity contribution in [2.75, 3.05) is 23.9 Å². The molecular weight excluding hydrogens is 773 g/mol. The maximum atomic E-state index is 13.6. The molecule has 21 heteroatoms. The highest BCUT2D eigenvalue weighted by Crippen LogP contribution is 2.61. The number of aliphatic hydroxyl groups is 1. The van der Waals surface area contributed by atoms with Gasteiger partial charge in [0, 0.05) is 47.5 Å². The van der Waals surface area contributed by atoms with Gasteiger partial charge in [0.15, 0.2) is 11.5 Å². The number of oxazole rings is 1. The molecule has 4 heterocycles. The highest BCUT2D eigenvalue weighted by atomic mass is 32.2. The fourth-order valence-electron chi connectivity index (χ4n) is 5.86. The molecule has 4 bridgehead atoms. The van der Waals surface area contributed by atoms with Gasteiger partial charge in [0.25, 0.3) is 0 Å². The molecule has 6 N–H and O–H groups in total. The molecule has 1 aromatic heterocycles. The molecule has 1 aromatic rings. The van der Waals surface area contributed by atoms with Crippen LogP contribution in [0.25, 0.3) is 6.08 Å². The Bertz CT molecular complexity index is 1740. The summed E-state index contributed by atoms with van der Waals surface area (Å²) >= 11 is 3.23. The van der Waals surface area contributed by atoms with E-state index in [0.29, 0.717) is 0 Å². The van der Waals surface area contributed by atoms with Crippen LogP contribution in [0, 0.1) is 0 Å². The van der Waals surface area contributed by atoms with E-state index in [4.69, 9.17) is 14.0 Å². The lowest BCUT2D eigenvalue weighted by atomic mass is 9.80. The minimum absolute atomic E-state index is 0.0572. The molecule has 2 amide bonds. The molecule has 2 saturated heterocycles. The number of nitrogens with zero attached hydrogens (tertiary/aromatic N) is 2. The van der Waals surface area contributed by atoms with Gasteiger partial charge in [-0.1, -0.05) is 17.3 Å². The maximum absolute atomic E-state index is 13.6. The van der Waals surface area contributed by atoms with E-state index in [1.54, 1.807) is 0 Å². The molecule has 3 aliphatic rings. The van der Waals surface area contributed by atoms with Crippen molar-refractivity contribution in [3.05, 3.63) is 36.1 Å². The smallest absolute Gasteiger partial charge is 0.339 e. The van der Waals surface area contributed by atoms with Crippen LogP contribution in [0.1, 0.15) is 58.0 Å². The predicted octanol–water partition coefficient (Wildman–Crippen LogP) is 1.11. The normalized spacial score (nSPS) is 27.3. The van der Waals surface area contributed by atoms with Gasteiger partial charge in [-0.2, -0.15) is 23.5 Å². The van der Waals surface area contributed by atoms with Crippen molar-refractivity contribution < 1.29 is 68.0 Å². The lowest BCUT2D eigenvalue weighted by molar-refractivity contribution is -0.149. The van der Waals surface area contributed by atoms with Gasteiger partial charge in [-0.15, -0.1) is 11.8 Å². The molecule has 0 aliphatic carbocycles. The van der Waals surface area contributed by atoms with Crippen LogP contribution in [-0.2, 0) is 43.1 Å². The Morgan fingerprint density at radius 2 is 1.61 bits per heavy atom. The first kappa shape index (κ1) is 42.6. The number of carboxylic acids is 3. The number of allylic oxidation sites excluding steroid dienone is 3. The summed E-state index contributed by atoms with van der Waals surface area (Å²) in [5.41, 5.74) is -1.94. The number of hydrogen-bond acceptors (Lipinski definition) is 16. The van der Waals surface area contributed by atoms with Crippen LogP contribution in [-0.4, -0.2) is 135 Å². The standard InChI is InChI=1S/C33H40N4O14S3/c1-17(38)34-21(28(43)44)13-52-15-23(41)26-27-36-19(12-49-27)6-4-5-7-20(40)10-24-31(3,53-14-22(29(45)46)35-18(2)39)8-9-32(54-24,11-25(42)51-37-26)33(16-50-33)30(47)48/h4-7,12,21-24,41H,8-11,13-16H2,1-3H3,(H,34,38)(H,35,39)(H,43,44)(H,45,46)(H,47,48)/t21-,22-,23-,24+,31-,32-,33+/m1/s1. The number of aliphatic carboxylic acids is 3. The third-order valence-corrected chi connectivity index (χ3v) is 13.9. The molecule has 4 rings (SSSR count). The molecule has 7 atom stereocenters. The zero-order valence-electron chi connectivity index (χ0n) is 29.3. The van der Waals surface area contributed by atoms with Crippen LogP contribution in [0.4, 0.5) is 0 Å². The molecule has 0 radical (unpaired) electrons. The molecule has 294 valence electrons. The second-order valence-electron chi connectivity index (χ2n) is 13.0. The highest BCUT2D eigenvalue weighted by molar-refractivity contribution is 8.05. The zero-order valence-corrected chi connectivity index (χ0v) is 31.8. The summed E-state index contributed by atoms with van der Waals surface area (Å²) < 4.78 is 8.71. The van der Waals surface area contributed by atoms with E-state index in [0.717, 1.165) is 30.4 Å². The Hall–Kier alpha value is -4.18. The first-order valence-electron chi connectivity index (χ1n) is 16.5. The van der Waals surface area contributed by atoms with Gasteiger partial charge in [-0.05, 0) is 31.9 Å². The van der Waals surface area contributed by atoms with E-state index in [9.17, 15) is 54.0 Å². The van der Waals surface area contributed by atoms with Gasteiger partial charge in [-0.25, -0.2) is 24.2 Å². The van der Waals surface area contributed by atoms with Crippen LogP contribution >= 0.6 is 35.3 Å². The number of nitrogens with one attached hydrogen (secondary N) is 2. The molecule has 2 fully saturated rings. The largest absolute Gasteiger partial charge is 0.480 e. The fraction of sp³-hybridized carbons (Fsp3) is 0.545. The summed E-state index contributed by atoms with van der Waals surface area (Å²) in [6.45, 7) is 3.94. The average molecular weight is 813 g/mol. The van der Waals surface area contributed by atoms with Crippen LogP contribution in [0.5, 0.6) is 0 Å². The van der Waals surface area contributed by atoms with E-state index in [1.165, 1.54) is 49.3 Å². The minimum Gasteiger partial charge on any atom is -0.480 e. The molecule has 0 saturated carbocycles. The first-order chi connectivity index (χ1) is 25.4. The average Bonchev–Trinajstić information content (AvgIpc) is 3.79. The van der Waals surface area contributed by atoms with Crippen LogP contribution in [0.2, 0.25) is 0 Å². The number of carboxylic acid groups (broad SMARTS) is 3. The predicted molar refractivity (Wildman–Crippen MR) is 196 cm³/mol. The van der Waals surface area contributed by atoms with Crippen molar-refractivity contribution in [3.8, 4) is 0 Å². The fourth-order valence-corrected chi connectivity index (χ4v) is 10.5. The van der Waals surface area contributed by atoms with Crippen LogP contribution in [0.15, 0.2) is 34.1 Å². The molecule has 3 aliphatic heterocycles. The Morgan fingerprint density at radius 3 is 2.20 bits per heavy atom. The van der Waals surface area contributed by atoms with E-state index in [2.05, 4.69) is 20.8 Å². The molecular formula is C33H40N4O14S3. The lowest BCUT2D eigenvalue weighted by Gasteiger charge is -2.50. The summed E-state index contributed by atoms with van der Waals surface area (Å²) in [5.74, 6) is -6.99. The van der Waals surface area contributed by atoms with Crippen LogP contribution < -0.4 is 10.6 Å². The number of carbonyl (C=O) groups is 7. The number of aliphatic hydroxyl groups excluding tert-OH is 1. The summed E-state index contributed by atoms with van der Waals surface area (Å²) in [7, 11) is 0. The van der Waals surface area contributed by atoms with Gasteiger partial charge in [0.2, 0.25) is 23.3 Å². The van der Waals surface area contributed by atoms with Crippen molar-refractivity contribution in [2.45, 2.75) is 85.0 Å². The number of oxime groups is 1. The number of fused-ring (bicyclic) bond motifs is 4. The monoisotopic (exact) mass is 812 g/mol.